The second kappa shape index (κ2) is 6.59. The Labute approximate surface area is 156 Å². The van der Waals surface area contributed by atoms with Crippen LogP contribution in [0.15, 0.2) is 24.5 Å². The van der Waals surface area contributed by atoms with Crippen LogP contribution in [0.25, 0.3) is 0 Å². The van der Waals surface area contributed by atoms with Gasteiger partial charge in [0.15, 0.2) is 0 Å². The molecule has 1 aromatic carbocycles. The summed E-state index contributed by atoms with van der Waals surface area (Å²) in [4.78, 5) is 22.3. The number of β-amino-alcohol motifs (C(OH)–C–C–N with tert-alkyl or cyclic N) is 1. The summed E-state index contributed by atoms with van der Waals surface area (Å²) in [6.45, 7) is 4.70. The van der Waals surface area contributed by atoms with Gasteiger partial charge in [-0.15, -0.1) is 0 Å². The molecule has 2 aliphatic heterocycles. The number of hydrogen-bond donors (Lipinski definition) is 2. The van der Waals surface area contributed by atoms with Crippen molar-refractivity contribution in [3.05, 3.63) is 41.3 Å². The van der Waals surface area contributed by atoms with Crippen molar-refractivity contribution < 1.29 is 24.3 Å². The molecule has 0 bridgehead atoms. The van der Waals surface area contributed by atoms with Crippen molar-refractivity contribution in [2.75, 3.05) is 13.1 Å². The van der Waals surface area contributed by atoms with Crippen molar-refractivity contribution in [3.63, 3.8) is 0 Å². The summed E-state index contributed by atoms with van der Waals surface area (Å²) in [6, 6.07) is 3.64. The van der Waals surface area contributed by atoms with Crippen LogP contribution < -0.4 is 10.2 Å². The van der Waals surface area contributed by atoms with E-state index in [2.05, 4.69) is 9.97 Å². The summed E-state index contributed by atoms with van der Waals surface area (Å²) in [7, 11) is -0.952. The Morgan fingerprint density at radius 3 is 2.85 bits per heavy atom. The van der Waals surface area contributed by atoms with Crippen molar-refractivity contribution in [1.29, 1.82) is 0 Å². The SMILES string of the molecule is Cc1c(Oc2cnc(C(=O)N3CCC(C)(O)C3)cn2)ccc2c1B(O)OC2. The molecule has 4 rings (SSSR count). The Balaban J connectivity index is 1.49. The van der Waals surface area contributed by atoms with Gasteiger partial charge in [-0.05, 0) is 42.9 Å². The van der Waals surface area contributed by atoms with E-state index in [0.29, 0.717) is 30.8 Å². The monoisotopic (exact) mass is 369 g/mol. The van der Waals surface area contributed by atoms with Gasteiger partial charge in [0.2, 0.25) is 5.88 Å². The predicted molar refractivity (Wildman–Crippen MR) is 96.8 cm³/mol. The van der Waals surface area contributed by atoms with Crippen LogP contribution in [0, 0.1) is 6.92 Å². The van der Waals surface area contributed by atoms with Crippen molar-refractivity contribution in [2.45, 2.75) is 32.5 Å². The molecule has 0 saturated carbocycles. The van der Waals surface area contributed by atoms with Crippen LogP contribution in [0.5, 0.6) is 11.6 Å². The number of aliphatic hydroxyl groups is 1. The molecule has 27 heavy (non-hydrogen) atoms. The van der Waals surface area contributed by atoms with Gasteiger partial charge >= 0.3 is 7.12 Å². The Morgan fingerprint density at radius 1 is 1.37 bits per heavy atom. The maximum atomic E-state index is 12.5. The molecule has 8 nitrogen and oxygen atoms in total. The van der Waals surface area contributed by atoms with Crippen molar-refractivity contribution in [3.8, 4) is 11.6 Å². The number of likely N-dealkylation sites (tertiary alicyclic amines) is 1. The van der Waals surface area contributed by atoms with E-state index in [0.717, 1.165) is 11.1 Å². The Hall–Kier alpha value is -2.49. The lowest BCUT2D eigenvalue weighted by Crippen LogP contribution is -2.34. The average Bonchev–Trinajstić information content (AvgIpc) is 3.20. The summed E-state index contributed by atoms with van der Waals surface area (Å²) >= 11 is 0. The summed E-state index contributed by atoms with van der Waals surface area (Å²) in [5, 5.41) is 19.9. The van der Waals surface area contributed by atoms with Crippen LogP contribution in [0.2, 0.25) is 0 Å². The van der Waals surface area contributed by atoms with Crippen LogP contribution in [0.4, 0.5) is 0 Å². The molecule has 1 unspecified atom stereocenters. The van der Waals surface area contributed by atoms with Crippen LogP contribution in [-0.4, -0.2) is 56.7 Å². The standard InChI is InChI=1S/C18H20BN3O5/c1-11-14(4-3-12-9-26-19(25)16(11)12)27-15-8-20-13(7-21-15)17(23)22-6-5-18(2,24)10-22/h3-4,7-8,24-25H,5-6,9-10H2,1-2H3. The second-order valence-electron chi connectivity index (χ2n) is 7.24. The molecule has 0 radical (unpaired) electrons. The molecular weight excluding hydrogens is 349 g/mol. The minimum Gasteiger partial charge on any atom is -0.437 e. The van der Waals surface area contributed by atoms with Crippen LogP contribution in [-0.2, 0) is 11.3 Å². The molecule has 1 aromatic heterocycles. The van der Waals surface area contributed by atoms with Crippen molar-refractivity contribution >= 4 is 18.5 Å². The normalized spacial score (nSPS) is 21.5. The summed E-state index contributed by atoms with van der Waals surface area (Å²) in [6.07, 6.45) is 3.30. The molecule has 9 heteroatoms. The first-order valence-corrected chi connectivity index (χ1v) is 8.78. The first kappa shape index (κ1) is 17.9. The second-order valence-corrected chi connectivity index (χ2v) is 7.24. The number of ether oxygens (including phenoxy) is 1. The van der Waals surface area contributed by atoms with E-state index < -0.39 is 12.7 Å². The van der Waals surface area contributed by atoms with E-state index in [-0.39, 0.29) is 24.0 Å². The summed E-state index contributed by atoms with van der Waals surface area (Å²) in [5.41, 5.74) is 1.77. The molecule has 3 heterocycles. The molecule has 1 saturated heterocycles. The van der Waals surface area contributed by atoms with E-state index >= 15 is 0 Å². The van der Waals surface area contributed by atoms with Gasteiger partial charge in [0.25, 0.3) is 5.91 Å². The number of hydrogen-bond acceptors (Lipinski definition) is 7. The van der Waals surface area contributed by atoms with Gasteiger partial charge in [-0.1, -0.05) is 6.07 Å². The highest BCUT2D eigenvalue weighted by atomic mass is 16.5. The molecule has 2 aliphatic rings. The maximum Gasteiger partial charge on any atom is 0.492 e. The zero-order valence-corrected chi connectivity index (χ0v) is 15.2. The topological polar surface area (TPSA) is 105 Å². The third-order valence-electron chi connectivity index (χ3n) is 5.00. The lowest BCUT2D eigenvalue weighted by Gasteiger charge is -2.18. The Morgan fingerprint density at radius 2 is 2.19 bits per heavy atom. The number of amides is 1. The van der Waals surface area contributed by atoms with E-state index in [1.807, 2.05) is 13.0 Å². The number of fused-ring (bicyclic) bond motifs is 1. The summed E-state index contributed by atoms with van der Waals surface area (Å²) in [5.74, 6) is 0.527. The smallest absolute Gasteiger partial charge is 0.437 e. The van der Waals surface area contributed by atoms with Crippen LogP contribution in [0.3, 0.4) is 0 Å². The number of benzene rings is 1. The number of carbonyl (C=O) groups is 1. The third-order valence-corrected chi connectivity index (χ3v) is 5.00. The number of carbonyl (C=O) groups excluding carboxylic acids is 1. The molecule has 0 aliphatic carbocycles. The number of rotatable bonds is 3. The molecule has 140 valence electrons. The highest BCUT2D eigenvalue weighted by Gasteiger charge is 2.35. The minimum absolute atomic E-state index is 0.203. The number of nitrogens with zero attached hydrogens (tertiary/aromatic N) is 3. The van der Waals surface area contributed by atoms with Gasteiger partial charge < -0.3 is 24.4 Å². The molecular formula is C18H20BN3O5. The van der Waals surface area contributed by atoms with Gasteiger partial charge in [0.05, 0.1) is 24.6 Å². The van der Waals surface area contributed by atoms with Gasteiger partial charge in [-0.2, -0.15) is 0 Å². The lowest BCUT2D eigenvalue weighted by molar-refractivity contribution is 0.0568. The average molecular weight is 369 g/mol. The maximum absolute atomic E-state index is 12.5. The fourth-order valence-electron chi connectivity index (χ4n) is 3.47. The summed E-state index contributed by atoms with van der Waals surface area (Å²) < 4.78 is 11.0. The van der Waals surface area contributed by atoms with E-state index in [9.17, 15) is 14.9 Å². The van der Waals surface area contributed by atoms with E-state index in [1.54, 1.807) is 17.9 Å². The highest BCUT2D eigenvalue weighted by Crippen LogP contribution is 2.26. The molecule has 2 aromatic rings. The predicted octanol–water partition coefficient (Wildman–Crippen LogP) is 0.392. The Kier molecular flexibility index (Phi) is 4.37. The zero-order valence-electron chi connectivity index (χ0n) is 15.2. The first-order valence-electron chi connectivity index (χ1n) is 8.78. The quantitative estimate of drug-likeness (QED) is 0.755. The fourth-order valence-corrected chi connectivity index (χ4v) is 3.47. The van der Waals surface area contributed by atoms with E-state index in [4.69, 9.17) is 9.39 Å². The lowest BCUT2D eigenvalue weighted by atomic mass is 9.76. The van der Waals surface area contributed by atoms with Crippen molar-refractivity contribution in [2.24, 2.45) is 0 Å². The van der Waals surface area contributed by atoms with Gasteiger partial charge in [-0.3, -0.25) is 4.79 Å². The first-order chi connectivity index (χ1) is 12.8. The molecule has 1 atom stereocenters. The van der Waals surface area contributed by atoms with Gasteiger partial charge in [0.1, 0.15) is 11.4 Å². The number of aromatic nitrogens is 2. The largest absolute Gasteiger partial charge is 0.492 e. The molecule has 1 fully saturated rings. The fraction of sp³-hybridized carbons (Fsp3) is 0.389. The molecule has 0 spiro atoms. The minimum atomic E-state index is -0.952. The Bertz CT molecular complexity index is 887. The van der Waals surface area contributed by atoms with E-state index in [1.165, 1.54) is 12.4 Å². The van der Waals surface area contributed by atoms with Crippen LogP contribution >= 0.6 is 0 Å². The molecule has 1 amide bonds. The highest BCUT2D eigenvalue weighted by molar-refractivity contribution is 6.62. The molecule has 2 N–H and O–H groups in total. The van der Waals surface area contributed by atoms with Crippen molar-refractivity contribution in [1.82, 2.24) is 14.9 Å². The zero-order chi connectivity index (χ0) is 19.2. The van der Waals surface area contributed by atoms with Gasteiger partial charge in [-0.25, -0.2) is 9.97 Å². The van der Waals surface area contributed by atoms with Crippen LogP contribution in [0.1, 0.15) is 35.0 Å². The van der Waals surface area contributed by atoms with Gasteiger partial charge in [0, 0.05) is 13.1 Å². The third kappa shape index (κ3) is 3.41.